The number of likely N-dealkylation sites (tertiary alicyclic amines) is 1. The predicted molar refractivity (Wildman–Crippen MR) is 74.4 cm³/mol. The highest BCUT2D eigenvalue weighted by atomic mass is 35.5. The van der Waals surface area contributed by atoms with Gasteiger partial charge in [-0.05, 0) is 17.7 Å². The summed E-state index contributed by atoms with van der Waals surface area (Å²) in [5.74, 6) is 0.260. The Morgan fingerprint density at radius 1 is 1.58 bits per heavy atom. The van der Waals surface area contributed by atoms with E-state index in [0.717, 1.165) is 37.3 Å². The summed E-state index contributed by atoms with van der Waals surface area (Å²) in [4.78, 5) is 2.28. The van der Waals surface area contributed by atoms with Crippen LogP contribution in [0.15, 0.2) is 23.4 Å². The number of nitrogens with zero attached hydrogens (tertiary/aromatic N) is 3. The molecule has 0 aliphatic carbocycles. The molecule has 100 valence electrons. The van der Waals surface area contributed by atoms with Gasteiger partial charge in [-0.15, -0.1) is 0 Å². The first-order chi connectivity index (χ1) is 9.13. The number of hydrogen-bond acceptors (Lipinski definition) is 4. The van der Waals surface area contributed by atoms with E-state index in [-0.39, 0.29) is 5.92 Å². The Labute approximate surface area is 117 Å². The van der Waals surface area contributed by atoms with Crippen LogP contribution in [0.2, 0.25) is 5.02 Å². The van der Waals surface area contributed by atoms with Gasteiger partial charge in [0.25, 0.3) is 0 Å². The molecule has 1 aliphatic heterocycles. The van der Waals surface area contributed by atoms with E-state index in [4.69, 9.17) is 22.1 Å². The zero-order valence-corrected chi connectivity index (χ0v) is 11.6. The predicted octanol–water partition coefficient (Wildman–Crippen LogP) is 2.88. The fourth-order valence-corrected chi connectivity index (χ4v) is 2.62. The SMILES string of the molecule is CC1CN(Cc2ccc(C#N)cc2Cl)CC/C1=N\O. The number of nitriles is 1. The fraction of sp³-hybridized carbons (Fsp3) is 0.429. The summed E-state index contributed by atoms with van der Waals surface area (Å²) in [5, 5.41) is 21.6. The Bertz CT molecular complexity index is 536. The molecule has 1 atom stereocenters. The molecular formula is C14H16ClN3O. The van der Waals surface area contributed by atoms with Crippen molar-refractivity contribution in [2.45, 2.75) is 19.9 Å². The average molecular weight is 278 g/mol. The molecule has 5 heteroatoms. The minimum Gasteiger partial charge on any atom is -0.411 e. The number of halogens is 1. The van der Waals surface area contributed by atoms with Gasteiger partial charge in [-0.2, -0.15) is 5.26 Å². The van der Waals surface area contributed by atoms with Gasteiger partial charge in [-0.3, -0.25) is 4.90 Å². The van der Waals surface area contributed by atoms with E-state index in [9.17, 15) is 0 Å². The molecule has 2 rings (SSSR count). The van der Waals surface area contributed by atoms with Gasteiger partial charge in [0.05, 0.1) is 17.3 Å². The summed E-state index contributed by atoms with van der Waals surface area (Å²) < 4.78 is 0. The van der Waals surface area contributed by atoms with Gasteiger partial charge < -0.3 is 5.21 Å². The van der Waals surface area contributed by atoms with Crippen molar-refractivity contribution in [1.29, 1.82) is 5.26 Å². The Hall–Kier alpha value is -1.57. The summed E-state index contributed by atoms with van der Waals surface area (Å²) >= 11 is 6.18. The molecule has 1 aromatic rings. The van der Waals surface area contributed by atoms with Gasteiger partial charge >= 0.3 is 0 Å². The molecule has 1 aromatic carbocycles. The van der Waals surface area contributed by atoms with Crippen molar-refractivity contribution in [3.8, 4) is 6.07 Å². The summed E-state index contributed by atoms with van der Waals surface area (Å²) in [5.41, 5.74) is 2.47. The number of oxime groups is 1. The number of hydrogen-bond donors (Lipinski definition) is 1. The monoisotopic (exact) mass is 277 g/mol. The first-order valence-electron chi connectivity index (χ1n) is 6.25. The highest BCUT2D eigenvalue weighted by Gasteiger charge is 2.22. The number of benzene rings is 1. The van der Waals surface area contributed by atoms with Crippen LogP contribution in [0.1, 0.15) is 24.5 Å². The van der Waals surface area contributed by atoms with Crippen LogP contribution in [0.25, 0.3) is 0 Å². The zero-order chi connectivity index (χ0) is 13.8. The van der Waals surface area contributed by atoms with Crippen molar-refractivity contribution in [2.24, 2.45) is 11.1 Å². The highest BCUT2D eigenvalue weighted by molar-refractivity contribution is 6.31. The smallest absolute Gasteiger partial charge is 0.0992 e. The van der Waals surface area contributed by atoms with Crippen molar-refractivity contribution in [2.75, 3.05) is 13.1 Å². The summed E-state index contributed by atoms with van der Waals surface area (Å²) in [6.07, 6.45) is 0.783. The van der Waals surface area contributed by atoms with Gasteiger partial charge in [0, 0.05) is 37.0 Å². The lowest BCUT2D eigenvalue weighted by atomic mass is 9.97. The quantitative estimate of drug-likeness (QED) is 0.668. The van der Waals surface area contributed by atoms with Crippen LogP contribution >= 0.6 is 11.6 Å². The van der Waals surface area contributed by atoms with E-state index < -0.39 is 0 Å². The molecule has 19 heavy (non-hydrogen) atoms. The summed E-state index contributed by atoms with van der Waals surface area (Å²) in [7, 11) is 0. The van der Waals surface area contributed by atoms with Gasteiger partial charge in [0.2, 0.25) is 0 Å². The second-order valence-corrected chi connectivity index (χ2v) is 5.30. The van der Waals surface area contributed by atoms with Crippen molar-refractivity contribution >= 4 is 17.3 Å². The van der Waals surface area contributed by atoms with Gasteiger partial charge in [0.1, 0.15) is 0 Å². The van der Waals surface area contributed by atoms with Crippen molar-refractivity contribution in [3.05, 3.63) is 34.3 Å². The Morgan fingerprint density at radius 2 is 2.37 bits per heavy atom. The van der Waals surface area contributed by atoms with Crippen LogP contribution in [0.5, 0.6) is 0 Å². The van der Waals surface area contributed by atoms with Crippen LogP contribution in [0.4, 0.5) is 0 Å². The van der Waals surface area contributed by atoms with Crippen molar-refractivity contribution in [3.63, 3.8) is 0 Å². The standard InChI is InChI=1S/C14H16ClN3O/c1-10-8-18(5-4-14(10)17-19)9-12-3-2-11(7-16)6-13(12)15/h2-3,6,10,19H,4-5,8-9H2,1H3/b17-14+. The third-order valence-corrected chi connectivity index (χ3v) is 3.84. The van der Waals surface area contributed by atoms with Gasteiger partial charge in [-0.1, -0.05) is 29.7 Å². The molecule has 4 nitrogen and oxygen atoms in total. The largest absolute Gasteiger partial charge is 0.411 e. The first-order valence-corrected chi connectivity index (χ1v) is 6.63. The highest BCUT2D eigenvalue weighted by Crippen LogP contribution is 2.22. The molecule has 0 spiro atoms. The minimum atomic E-state index is 0.260. The van der Waals surface area contributed by atoms with Crippen LogP contribution in [-0.4, -0.2) is 28.9 Å². The summed E-state index contributed by atoms with van der Waals surface area (Å²) in [6, 6.07) is 7.47. The fourth-order valence-electron chi connectivity index (χ4n) is 2.38. The third kappa shape index (κ3) is 3.25. The molecule has 0 aromatic heterocycles. The lowest BCUT2D eigenvalue weighted by Gasteiger charge is -2.31. The average Bonchev–Trinajstić information content (AvgIpc) is 2.41. The molecular weight excluding hydrogens is 262 g/mol. The molecule has 1 N–H and O–H groups in total. The molecule has 1 fully saturated rings. The zero-order valence-electron chi connectivity index (χ0n) is 10.8. The normalized spacial score (nSPS) is 22.4. The second kappa shape index (κ2) is 6.05. The lowest BCUT2D eigenvalue weighted by Crippen LogP contribution is -2.39. The molecule has 1 heterocycles. The Balaban J connectivity index is 2.05. The number of piperidine rings is 1. The van der Waals surface area contributed by atoms with Gasteiger partial charge in [0.15, 0.2) is 0 Å². The van der Waals surface area contributed by atoms with E-state index in [1.165, 1.54) is 0 Å². The molecule has 0 radical (unpaired) electrons. The Kier molecular flexibility index (Phi) is 4.41. The molecule has 0 amide bonds. The van der Waals surface area contributed by atoms with E-state index in [1.54, 1.807) is 12.1 Å². The lowest BCUT2D eigenvalue weighted by molar-refractivity contribution is 0.228. The summed E-state index contributed by atoms with van der Waals surface area (Å²) in [6.45, 7) is 4.53. The number of rotatable bonds is 2. The molecule has 0 bridgehead atoms. The molecule has 1 unspecified atom stereocenters. The second-order valence-electron chi connectivity index (χ2n) is 4.90. The topological polar surface area (TPSA) is 59.6 Å². The van der Waals surface area contributed by atoms with E-state index >= 15 is 0 Å². The van der Waals surface area contributed by atoms with Crippen molar-refractivity contribution < 1.29 is 5.21 Å². The maximum Gasteiger partial charge on any atom is 0.0992 e. The van der Waals surface area contributed by atoms with E-state index in [0.29, 0.717) is 10.6 Å². The van der Waals surface area contributed by atoms with Crippen LogP contribution in [-0.2, 0) is 6.54 Å². The van der Waals surface area contributed by atoms with Gasteiger partial charge in [-0.25, -0.2) is 0 Å². The first kappa shape index (κ1) is 13.9. The third-order valence-electron chi connectivity index (χ3n) is 3.49. The van der Waals surface area contributed by atoms with Crippen LogP contribution in [0.3, 0.4) is 0 Å². The van der Waals surface area contributed by atoms with Crippen molar-refractivity contribution in [1.82, 2.24) is 4.90 Å². The van der Waals surface area contributed by atoms with Crippen LogP contribution in [0, 0.1) is 17.2 Å². The minimum absolute atomic E-state index is 0.260. The molecule has 1 saturated heterocycles. The maximum atomic E-state index is 8.86. The maximum absolute atomic E-state index is 8.86. The molecule has 1 aliphatic rings. The molecule has 0 saturated carbocycles. The van der Waals surface area contributed by atoms with E-state index in [2.05, 4.69) is 23.0 Å². The van der Waals surface area contributed by atoms with E-state index in [1.807, 2.05) is 6.07 Å². The Morgan fingerprint density at radius 3 is 2.95 bits per heavy atom. The van der Waals surface area contributed by atoms with Crippen LogP contribution < -0.4 is 0 Å².